The van der Waals surface area contributed by atoms with Gasteiger partial charge in [-0.25, -0.2) is 4.79 Å². The predicted octanol–water partition coefficient (Wildman–Crippen LogP) is 3.77. The number of rotatable bonds is 6. The fraction of sp³-hybridized carbons (Fsp3) is 0.643. The summed E-state index contributed by atoms with van der Waals surface area (Å²) in [5, 5.41) is 7.58. The standard InChI is InChI=1S/C28H43N5O2/c1-28(2,3)35-27(34)25(21-7-5-4-6-8-21)33-15-13-24(14-16-33)32-19-17-31(18-20-32)23-11-9-22(10-12-23)26(29)30/h7,9-12,24-25H,4-6,8,13-20H2,1-3H3,(H3,29,30). The van der Waals surface area contributed by atoms with E-state index in [0.29, 0.717) is 6.04 Å². The Hall–Kier alpha value is -2.38. The predicted molar refractivity (Wildman–Crippen MR) is 142 cm³/mol. The summed E-state index contributed by atoms with van der Waals surface area (Å²) in [5.41, 5.74) is 8.37. The van der Waals surface area contributed by atoms with Crippen LogP contribution in [0.5, 0.6) is 0 Å². The van der Waals surface area contributed by atoms with Gasteiger partial charge in [0.2, 0.25) is 0 Å². The molecule has 0 spiro atoms. The first-order valence-electron chi connectivity index (χ1n) is 13.3. The number of hydrogen-bond acceptors (Lipinski definition) is 6. The first kappa shape index (κ1) is 25.7. The molecule has 1 aromatic carbocycles. The number of likely N-dealkylation sites (tertiary alicyclic amines) is 1. The van der Waals surface area contributed by atoms with Crippen molar-refractivity contribution in [2.75, 3.05) is 44.2 Å². The molecule has 0 radical (unpaired) electrons. The van der Waals surface area contributed by atoms with E-state index in [4.69, 9.17) is 15.9 Å². The van der Waals surface area contributed by atoms with Gasteiger partial charge in [-0.3, -0.25) is 15.2 Å². The molecule has 7 nitrogen and oxygen atoms in total. The Balaban J connectivity index is 1.32. The number of allylic oxidation sites excluding steroid dienone is 1. The van der Waals surface area contributed by atoms with Crippen LogP contribution in [0.4, 0.5) is 5.69 Å². The zero-order valence-corrected chi connectivity index (χ0v) is 21.8. The van der Waals surface area contributed by atoms with Crippen molar-refractivity contribution in [3.8, 4) is 0 Å². The highest BCUT2D eigenvalue weighted by molar-refractivity contribution is 5.95. The monoisotopic (exact) mass is 481 g/mol. The average molecular weight is 482 g/mol. The summed E-state index contributed by atoms with van der Waals surface area (Å²) in [7, 11) is 0. The Morgan fingerprint density at radius 2 is 1.69 bits per heavy atom. The molecule has 2 heterocycles. The average Bonchev–Trinajstić information content (AvgIpc) is 2.84. The molecule has 2 aliphatic heterocycles. The number of piperazine rings is 1. The summed E-state index contributed by atoms with van der Waals surface area (Å²) in [6, 6.07) is 8.37. The van der Waals surface area contributed by atoms with Crippen molar-refractivity contribution >= 4 is 17.5 Å². The van der Waals surface area contributed by atoms with Crippen molar-refractivity contribution in [2.45, 2.75) is 77.0 Å². The van der Waals surface area contributed by atoms with Gasteiger partial charge in [-0.1, -0.05) is 6.08 Å². The quantitative estimate of drug-likeness (QED) is 0.278. The number of carbonyl (C=O) groups excluding carboxylic acids is 1. The van der Waals surface area contributed by atoms with E-state index in [-0.39, 0.29) is 17.8 Å². The number of benzene rings is 1. The lowest BCUT2D eigenvalue weighted by Crippen LogP contribution is -2.55. The van der Waals surface area contributed by atoms with E-state index >= 15 is 0 Å². The Morgan fingerprint density at radius 1 is 1.03 bits per heavy atom. The molecule has 3 aliphatic rings. The Labute approximate surface area is 210 Å². The largest absolute Gasteiger partial charge is 0.459 e. The minimum absolute atomic E-state index is 0.0755. The van der Waals surface area contributed by atoms with Gasteiger partial charge in [0.25, 0.3) is 0 Å². The normalized spacial score (nSPS) is 21.9. The minimum Gasteiger partial charge on any atom is -0.459 e. The Kier molecular flexibility index (Phi) is 8.17. The molecular weight excluding hydrogens is 438 g/mol. The van der Waals surface area contributed by atoms with Crippen molar-refractivity contribution in [1.29, 1.82) is 5.41 Å². The zero-order chi connectivity index (χ0) is 25.0. The molecule has 0 amide bonds. The Morgan fingerprint density at radius 3 is 2.23 bits per heavy atom. The topological polar surface area (TPSA) is 85.9 Å². The van der Waals surface area contributed by atoms with Gasteiger partial charge < -0.3 is 15.4 Å². The van der Waals surface area contributed by atoms with Gasteiger partial charge in [-0.15, -0.1) is 0 Å². The van der Waals surface area contributed by atoms with E-state index in [9.17, 15) is 4.79 Å². The van der Waals surface area contributed by atoms with Gasteiger partial charge in [0.15, 0.2) is 0 Å². The number of nitrogen functional groups attached to an aromatic ring is 1. The maximum Gasteiger partial charge on any atom is 0.328 e. The first-order valence-corrected chi connectivity index (χ1v) is 13.3. The summed E-state index contributed by atoms with van der Waals surface area (Å²) >= 11 is 0. The number of ether oxygens (including phenoxy) is 1. The summed E-state index contributed by atoms with van der Waals surface area (Å²) in [4.78, 5) is 20.7. The molecule has 1 atom stereocenters. The third-order valence-corrected chi connectivity index (χ3v) is 7.55. The summed E-state index contributed by atoms with van der Waals surface area (Å²) in [6.45, 7) is 11.9. The maximum absolute atomic E-state index is 13.2. The number of carbonyl (C=O) groups is 1. The van der Waals surface area contributed by atoms with E-state index in [1.54, 1.807) is 0 Å². The molecule has 0 saturated carbocycles. The van der Waals surface area contributed by atoms with E-state index in [1.807, 2.05) is 32.9 Å². The van der Waals surface area contributed by atoms with Gasteiger partial charge >= 0.3 is 5.97 Å². The second-order valence-corrected chi connectivity index (χ2v) is 11.2. The summed E-state index contributed by atoms with van der Waals surface area (Å²) in [5.74, 6) is 0.0369. The molecule has 192 valence electrons. The number of nitrogens with two attached hydrogens (primary N) is 1. The Bertz CT molecular complexity index is 904. The van der Waals surface area contributed by atoms with Crippen LogP contribution in [0.1, 0.15) is 64.9 Å². The molecule has 4 rings (SSSR count). The van der Waals surface area contributed by atoms with Crippen LogP contribution in [0.3, 0.4) is 0 Å². The lowest BCUT2D eigenvalue weighted by Gasteiger charge is -2.45. The number of piperidine rings is 1. The summed E-state index contributed by atoms with van der Waals surface area (Å²) < 4.78 is 5.87. The van der Waals surface area contributed by atoms with Crippen molar-refractivity contribution < 1.29 is 9.53 Å². The molecule has 2 fully saturated rings. The third kappa shape index (κ3) is 6.64. The number of hydrogen-bond donors (Lipinski definition) is 2. The smallest absolute Gasteiger partial charge is 0.328 e. The highest BCUT2D eigenvalue weighted by atomic mass is 16.6. The molecular formula is C28H43N5O2. The van der Waals surface area contributed by atoms with Crippen LogP contribution in [-0.4, -0.2) is 78.6 Å². The molecule has 1 aliphatic carbocycles. The van der Waals surface area contributed by atoms with Gasteiger partial charge in [-0.05, 0) is 89.1 Å². The minimum atomic E-state index is -0.463. The lowest BCUT2D eigenvalue weighted by atomic mass is 9.91. The van der Waals surface area contributed by atoms with Gasteiger partial charge in [0.1, 0.15) is 17.5 Å². The highest BCUT2D eigenvalue weighted by Crippen LogP contribution is 2.29. The van der Waals surface area contributed by atoms with Gasteiger partial charge in [0, 0.05) is 56.6 Å². The van der Waals surface area contributed by atoms with Gasteiger partial charge in [-0.2, -0.15) is 0 Å². The molecule has 35 heavy (non-hydrogen) atoms. The van der Waals surface area contributed by atoms with Crippen LogP contribution in [0, 0.1) is 5.41 Å². The fourth-order valence-corrected chi connectivity index (χ4v) is 5.71. The van der Waals surface area contributed by atoms with E-state index in [2.05, 4.69) is 32.9 Å². The molecule has 2 saturated heterocycles. The van der Waals surface area contributed by atoms with Gasteiger partial charge in [0.05, 0.1) is 0 Å². The van der Waals surface area contributed by atoms with Crippen molar-refractivity contribution in [2.24, 2.45) is 5.73 Å². The van der Waals surface area contributed by atoms with E-state index in [1.165, 1.54) is 24.1 Å². The van der Waals surface area contributed by atoms with Crippen molar-refractivity contribution in [3.05, 3.63) is 41.5 Å². The SMILES string of the molecule is CC(C)(C)OC(=O)C(C1=CCCCC1)N1CCC(N2CCN(c3ccc(C(=N)N)cc3)CC2)CC1. The van der Waals surface area contributed by atoms with Crippen LogP contribution in [-0.2, 0) is 9.53 Å². The number of nitrogens with one attached hydrogen (secondary N) is 1. The molecule has 0 bridgehead atoms. The maximum atomic E-state index is 13.2. The van der Waals surface area contributed by atoms with Crippen LogP contribution in [0.25, 0.3) is 0 Å². The number of anilines is 1. The number of esters is 1. The summed E-state index contributed by atoms with van der Waals surface area (Å²) in [6.07, 6.45) is 8.97. The zero-order valence-electron chi connectivity index (χ0n) is 21.8. The second-order valence-electron chi connectivity index (χ2n) is 11.2. The molecule has 1 unspecified atom stereocenters. The first-order chi connectivity index (χ1) is 16.7. The molecule has 1 aromatic rings. The van der Waals surface area contributed by atoms with Crippen LogP contribution >= 0.6 is 0 Å². The van der Waals surface area contributed by atoms with Crippen LogP contribution in [0.15, 0.2) is 35.9 Å². The van der Waals surface area contributed by atoms with E-state index in [0.717, 1.165) is 70.5 Å². The van der Waals surface area contributed by atoms with Crippen molar-refractivity contribution in [1.82, 2.24) is 9.80 Å². The fourth-order valence-electron chi connectivity index (χ4n) is 5.71. The highest BCUT2D eigenvalue weighted by Gasteiger charge is 2.37. The lowest BCUT2D eigenvalue weighted by molar-refractivity contribution is -0.160. The number of amidine groups is 1. The molecule has 0 aromatic heterocycles. The van der Waals surface area contributed by atoms with Crippen molar-refractivity contribution in [3.63, 3.8) is 0 Å². The van der Waals surface area contributed by atoms with Crippen LogP contribution in [0.2, 0.25) is 0 Å². The molecule has 7 heteroatoms. The van der Waals surface area contributed by atoms with Crippen LogP contribution < -0.4 is 10.6 Å². The second kappa shape index (κ2) is 11.1. The molecule has 3 N–H and O–H groups in total. The number of nitrogens with zero attached hydrogens (tertiary/aromatic N) is 3. The third-order valence-electron chi connectivity index (χ3n) is 7.55. The van der Waals surface area contributed by atoms with E-state index < -0.39 is 5.60 Å².